The Kier molecular flexibility index (Phi) is 6.44. The Balaban J connectivity index is 1.77. The van der Waals surface area contributed by atoms with Crippen LogP contribution in [0.25, 0.3) is 6.08 Å². The highest BCUT2D eigenvalue weighted by Crippen LogP contribution is 2.35. The number of aliphatic carboxylic acids is 1. The first-order valence-electron chi connectivity index (χ1n) is 7.72. The highest BCUT2D eigenvalue weighted by Gasteiger charge is 2.14. The molecule has 0 bridgehead atoms. The highest BCUT2D eigenvalue weighted by molar-refractivity contribution is 9.10. The van der Waals surface area contributed by atoms with Crippen molar-refractivity contribution in [3.63, 3.8) is 0 Å². The van der Waals surface area contributed by atoms with Gasteiger partial charge in [0.05, 0.1) is 5.69 Å². The predicted molar refractivity (Wildman–Crippen MR) is 110 cm³/mol. The summed E-state index contributed by atoms with van der Waals surface area (Å²) in [5, 5.41) is 13.6. The largest absolute Gasteiger partial charge is 0.477 e. The normalized spacial score (nSPS) is 11.2. The van der Waals surface area contributed by atoms with Crippen molar-refractivity contribution < 1.29 is 14.7 Å². The molecule has 1 amide bonds. The van der Waals surface area contributed by atoms with Gasteiger partial charge in [0, 0.05) is 20.3 Å². The third-order valence-corrected chi connectivity index (χ3v) is 6.33. The van der Waals surface area contributed by atoms with Crippen LogP contribution in [0.2, 0.25) is 0 Å². The molecule has 0 atom stereocenters. The molecule has 0 unspecified atom stereocenters. The summed E-state index contributed by atoms with van der Waals surface area (Å²) in [5.41, 5.74) is 0.625. The van der Waals surface area contributed by atoms with Gasteiger partial charge in [-0.15, -0.1) is 11.3 Å². The number of carbonyl (C=O) groups is 2. The van der Waals surface area contributed by atoms with Crippen molar-refractivity contribution in [2.24, 2.45) is 0 Å². The maximum Gasteiger partial charge on any atom is 0.352 e. The van der Waals surface area contributed by atoms with Gasteiger partial charge < -0.3 is 10.4 Å². The van der Waals surface area contributed by atoms with E-state index in [0.29, 0.717) is 11.3 Å². The molecule has 136 valence electrons. The lowest BCUT2D eigenvalue weighted by Crippen LogP contribution is -2.27. The Hall–Kier alpha value is -2.42. The van der Waals surface area contributed by atoms with Crippen LogP contribution in [0, 0.1) is 0 Å². The Morgan fingerprint density at radius 2 is 1.81 bits per heavy atom. The van der Waals surface area contributed by atoms with E-state index in [0.717, 1.165) is 13.7 Å². The van der Waals surface area contributed by atoms with E-state index in [1.165, 1.54) is 29.2 Å². The molecule has 0 aliphatic rings. The second-order valence-corrected chi connectivity index (χ2v) is 8.26. The SMILES string of the molecule is O=C(O)/C(=C\c1csc(Sc2ccccc2Br)n1)NC(=O)c1ccccc1. The topological polar surface area (TPSA) is 79.3 Å². The first-order chi connectivity index (χ1) is 13.0. The Morgan fingerprint density at radius 1 is 1.11 bits per heavy atom. The van der Waals surface area contributed by atoms with Gasteiger partial charge in [-0.2, -0.15) is 0 Å². The van der Waals surface area contributed by atoms with E-state index in [1.54, 1.807) is 35.7 Å². The number of aromatic nitrogens is 1. The average molecular weight is 461 g/mol. The van der Waals surface area contributed by atoms with Gasteiger partial charge in [-0.3, -0.25) is 4.79 Å². The van der Waals surface area contributed by atoms with Crippen molar-refractivity contribution >= 4 is 57.0 Å². The van der Waals surface area contributed by atoms with Crippen molar-refractivity contribution in [1.29, 1.82) is 0 Å². The molecular weight excluding hydrogens is 448 g/mol. The first kappa shape index (κ1) is 19.3. The number of carboxylic acid groups (broad SMARTS) is 1. The highest BCUT2D eigenvalue weighted by atomic mass is 79.9. The zero-order valence-corrected chi connectivity index (χ0v) is 17.0. The number of thiazole rings is 1. The van der Waals surface area contributed by atoms with Crippen LogP contribution in [0.4, 0.5) is 0 Å². The molecule has 0 aliphatic heterocycles. The molecule has 3 rings (SSSR count). The number of nitrogens with one attached hydrogen (secondary N) is 1. The number of amides is 1. The van der Waals surface area contributed by atoms with Crippen LogP contribution < -0.4 is 5.32 Å². The number of carboxylic acids is 1. The molecule has 0 saturated carbocycles. The van der Waals surface area contributed by atoms with Crippen molar-refractivity contribution in [3.05, 3.63) is 81.4 Å². The number of nitrogens with zero attached hydrogens (tertiary/aromatic N) is 1. The van der Waals surface area contributed by atoms with Crippen molar-refractivity contribution in [3.8, 4) is 0 Å². The van der Waals surface area contributed by atoms with Crippen molar-refractivity contribution in [1.82, 2.24) is 10.3 Å². The summed E-state index contributed by atoms with van der Waals surface area (Å²) in [6, 6.07) is 16.2. The minimum absolute atomic E-state index is 0.230. The monoisotopic (exact) mass is 460 g/mol. The number of hydrogen-bond acceptors (Lipinski definition) is 5. The van der Waals surface area contributed by atoms with Gasteiger partial charge in [-0.05, 0) is 46.3 Å². The van der Waals surface area contributed by atoms with Crippen LogP contribution in [-0.2, 0) is 4.79 Å². The van der Waals surface area contributed by atoms with Gasteiger partial charge in [-0.1, -0.05) is 42.1 Å². The smallest absolute Gasteiger partial charge is 0.352 e. The minimum atomic E-state index is -1.23. The van der Waals surface area contributed by atoms with Gasteiger partial charge in [0.15, 0.2) is 4.34 Å². The second kappa shape index (κ2) is 8.98. The molecule has 2 aromatic carbocycles. The van der Waals surface area contributed by atoms with E-state index in [9.17, 15) is 14.7 Å². The Morgan fingerprint density at radius 3 is 2.52 bits per heavy atom. The number of benzene rings is 2. The van der Waals surface area contributed by atoms with E-state index < -0.39 is 11.9 Å². The zero-order chi connectivity index (χ0) is 19.2. The van der Waals surface area contributed by atoms with E-state index in [4.69, 9.17) is 0 Å². The van der Waals surface area contributed by atoms with Crippen molar-refractivity contribution in [2.45, 2.75) is 9.24 Å². The number of carbonyl (C=O) groups excluding carboxylic acids is 1. The van der Waals surface area contributed by atoms with E-state index >= 15 is 0 Å². The van der Waals surface area contributed by atoms with Crippen LogP contribution in [0.3, 0.4) is 0 Å². The maximum atomic E-state index is 12.2. The molecule has 8 heteroatoms. The molecule has 1 heterocycles. The fraction of sp³-hybridized carbons (Fsp3) is 0. The first-order valence-corrected chi connectivity index (χ1v) is 10.2. The van der Waals surface area contributed by atoms with Crippen LogP contribution in [0.5, 0.6) is 0 Å². The third kappa shape index (κ3) is 5.29. The fourth-order valence-electron chi connectivity index (χ4n) is 2.09. The third-order valence-electron chi connectivity index (χ3n) is 3.34. The fourth-order valence-corrected chi connectivity index (χ4v) is 4.37. The summed E-state index contributed by atoms with van der Waals surface area (Å²) in [7, 11) is 0. The lowest BCUT2D eigenvalue weighted by atomic mass is 10.2. The summed E-state index contributed by atoms with van der Waals surface area (Å²) in [5.74, 6) is -1.71. The standard InChI is InChI=1S/C19H13BrN2O3S2/c20-14-8-4-5-9-16(14)27-19-21-13(11-26-19)10-15(18(24)25)22-17(23)12-6-2-1-3-7-12/h1-11H,(H,22,23)(H,24,25)/b15-10+. The molecule has 5 nitrogen and oxygen atoms in total. The molecule has 0 spiro atoms. The maximum absolute atomic E-state index is 12.2. The molecule has 27 heavy (non-hydrogen) atoms. The number of rotatable bonds is 6. The van der Waals surface area contributed by atoms with Gasteiger partial charge in [0.2, 0.25) is 0 Å². The Bertz CT molecular complexity index is 1000. The number of hydrogen-bond donors (Lipinski definition) is 2. The lowest BCUT2D eigenvalue weighted by Gasteiger charge is -2.05. The summed E-state index contributed by atoms with van der Waals surface area (Å²) in [6.45, 7) is 0. The molecule has 0 fully saturated rings. The molecule has 3 aromatic rings. The molecule has 0 radical (unpaired) electrons. The average Bonchev–Trinajstić information content (AvgIpc) is 3.10. The van der Waals surface area contributed by atoms with Gasteiger partial charge >= 0.3 is 5.97 Å². The van der Waals surface area contributed by atoms with E-state index in [2.05, 4.69) is 26.2 Å². The zero-order valence-electron chi connectivity index (χ0n) is 13.8. The van der Waals surface area contributed by atoms with Gasteiger partial charge in [0.1, 0.15) is 5.70 Å². The quantitative estimate of drug-likeness (QED) is 0.510. The van der Waals surface area contributed by atoms with Crippen LogP contribution in [0.1, 0.15) is 16.1 Å². The van der Waals surface area contributed by atoms with Gasteiger partial charge in [0.25, 0.3) is 5.91 Å². The molecule has 2 N–H and O–H groups in total. The van der Waals surface area contributed by atoms with Crippen molar-refractivity contribution in [2.75, 3.05) is 0 Å². The van der Waals surface area contributed by atoms with Crippen LogP contribution in [-0.4, -0.2) is 22.0 Å². The lowest BCUT2D eigenvalue weighted by molar-refractivity contribution is -0.132. The summed E-state index contributed by atoms with van der Waals surface area (Å²) in [6.07, 6.45) is 1.35. The van der Waals surface area contributed by atoms with Crippen LogP contribution in [0.15, 0.2) is 79.4 Å². The summed E-state index contributed by atoms with van der Waals surface area (Å²) >= 11 is 6.37. The molecule has 0 saturated heterocycles. The summed E-state index contributed by atoms with van der Waals surface area (Å²) in [4.78, 5) is 29.1. The van der Waals surface area contributed by atoms with E-state index in [-0.39, 0.29) is 5.70 Å². The van der Waals surface area contributed by atoms with Crippen LogP contribution >= 0.6 is 39.0 Å². The Labute approximate surface area is 172 Å². The summed E-state index contributed by atoms with van der Waals surface area (Å²) < 4.78 is 1.73. The predicted octanol–water partition coefficient (Wildman–Crippen LogP) is 4.91. The molecular formula is C19H13BrN2O3S2. The molecule has 0 aliphatic carbocycles. The van der Waals surface area contributed by atoms with E-state index in [1.807, 2.05) is 24.3 Å². The van der Waals surface area contributed by atoms with Gasteiger partial charge in [-0.25, -0.2) is 9.78 Å². The minimum Gasteiger partial charge on any atom is -0.477 e. The molecule has 1 aromatic heterocycles. The number of halogens is 1. The second-order valence-electron chi connectivity index (χ2n) is 5.25.